The fraction of sp³-hybridized carbons (Fsp3) is 0.400. The Kier molecular flexibility index (Phi) is 3.12. The normalized spacial score (nSPS) is 11.8. The number of halogens is 2. The molecule has 0 aliphatic heterocycles. The lowest BCUT2D eigenvalue weighted by Gasteiger charge is -2.21. The third-order valence-electron chi connectivity index (χ3n) is 1.84. The molecule has 0 spiro atoms. The van der Waals surface area contributed by atoms with E-state index in [2.05, 4.69) is 43.4 Å². The second kappa shape index (κ2) is 3.65. The molecule has 0 fully saturated rings. The zero-order valence-corrected chi connectivity index (χ0v) is 10.8. The molecule has 0 unspecified atom stereocenters. The SMILES string of the molecule is CC(C)(C)c1cc(O)c(I)cc1Cl. The first kappa shape index (κ1) is 11.1. The van der Waals surface area contributed by atoms with Crippen molar-refractivity contribution in [3.05, 3.63) is 26.3 Å². The second-order valence-electron chi connectivity index (χ2n) is 4.03. The minimum atomic E-state index is -0.0289. The maximum absolute atomic E-state index is 9.52. The fourth-order valence-corrected chi connectivity index (χ4v) is 2.21. The van der Waals surface area contributed by atoms with Gasteiger partial charge in [-0.15, -0.1) is 0 Å². The molecule has 1 aromatic carbocycles. The van der Waals surface area contributed by atoms with Gasteiger partial charge in [0.15, 0.2) is 0 Å². The average molecular weight is 311 g/mol. The molecule has 0 atom stereocenters. The van der Waals surface area contributed by atoms with Crippen LogP contribution in [-0.4, -0.2) is 5.11 Å². The van der Waals surface area contributed by atoms with Gasteiger partial charge in [-0.25, -0.2) is 0 Å². The molecule has 0 saturated carbocycles. The van der Waals surface area contributed by atoms with Gasteiger partial charge < -0.3 is 5.11 Å². The molecule has 13 heavy (non-hydrogen) atoms. The molecule has 0 aromatic heterocycles. The van der Waals surface area contributed by atoms with Gasteiger partial charge in [0.1, 0.15) is 5.75 Å². The van der Waals surface area contributed by atoms with Crippen molar-refractivity contribution in [2.45, 2.75) is 26.2 Å². The number of rotatable bonds is 0. The van der Waals surface area contributed by atoms with Gasteiger partial charge in [-0.05, 0) is 45.7 Å². The molecule has 1 rings (SSSR count). The highest BCUT2D eigenvalue weighted by Crippen LogP contribution is 2.34. The van der Waals surface area contributed by atoms with Crippen LogP contribution in [0.5, 0.6) is 5.75 Å². The Morgan fingerprint density at radius 3 is 2.31 bits per heavy atom. The topological polar surface area (TPSA) is 20.2 Å². The number of hydrogen-bond acceptors (Lipinski definition) is 1. The van der Waals surface area contributed by atoms with E-state index in [1.54, 1.807) is 12.1 Å². The van der Waals surface area contributed by atoms with Crippen molar-refractivity contribution in [3.8, 4) is 5.75 Å². The average Bonchev–Trinajstić information content (AvgIpc) is 1.94. The molecule has 0 bridgehead atoms. The molecule has 0 aliphatic carbocycles. The molecule has 1 N–H and O–H groups in total. The van der Waals surface area contributed by atoms with Gasteiger partial charge in [-0.3, -0.25) is 0 Å². The predicted molar refractivity (Wildman–Crippen MR) is 64.5 cm³/mol. The van der Waals surface area contributed by atoms with E-state index in [0.29, 0.717) is 5.75 Å². The summed E-state index contributed by atoms with van der Waals surface area (Å²) in [7, 11) is 0. The van der Waals surface area contributed by atoms with E-state index < -0.39 is 0 Å². The first-order valence-corrected chi connectivity index (χ1v) is 5.46. The largest absolute Gasteiger partial charge is 0.507 e. The molecule has 1 aromatic rings. The smallest absolute Gasteiger partial charge is 0.129 e. The Morgan fingerprint density at radius 2 is 1.85 bits per heavy atom. The first-order chi connectivity index (χ1) is 5.82. The summed E-state index contributed by atoms with van der Waals surface area (Å²) in [5, 5.41) is 10.2. The highest BCUT2D eigenvalue weighted by molar-refractivity contribution is 14.1. The fourth-order valence-electron chi connectivity index (χ4n) is 1.11. The van der Waals surface area contributed by atoms with Crippen LogP contribution in [-0.2, 0) is 5.41 Å². The van der Waals surface area contributed by atoms with Crippen LogP contribution in [0.4, 0.5) is 0 Å². The zero-order chi connectivity index (χ0) is 10.2. The van der Waals surface area contributed by atoms with Gasteiger partial charge in [0.2, 0.25) is 0 Å². The van der Waals surface area contributed by atoms with Gasteiger partial charge in [0.05, 0.1) is 3.57 Å². The van der Waals surface area contributed by atoms with Crippen molar-refractivity contribution in [1.82, 2.24) is 0 Å². The van der Waals surface area contributed by atoms with E-state index in [0.717, 1.165) is 14.2 Å². The Labute approximate surface area is 97.3 Å². The van der Waals surface area contributed by atoms with Crippen LogP contribution < -0.4 is 0 Å². The molecule has 0 saturated heterocycles. The van der Waals surface area contributed by atoms with Gasteiger partial charge in [0.25, 0.3) is 0 Å². The lowest BCUT2D eigenvalue weighted by Crippen LogP contribution is -2.11. The third kappa shape index (κ3) is 2.50. The summed E-state index contributed by atoms with van der Waals surface area (Å²) in [6, 6.07) is 3.53. The standard InChI is InChI=1S/C10H12ClIO/c1-10(2,3)6-4-9(13)8(12)5-7(6)11/h4-5,13H,1-3H3. The molecule has 3 heteroatoms. The lowest BCUT2D eigenvalue weighted by atomic mass is 9.87. The van der Waals surface area contributed by atoms with Crippen LogP contribution in [0.15, 0.2) is 12.1 Å². The summed E-state index contributed by atoms with van der Waals surface area (Å²) in [5.41, 5.74) is 0.950. The van der Waals surface area contributed by atoms with Crippen molar-refractivity contribution in [2.75, 3.05) is 0 Å². The van der Waals surface area contributed by atoms with Crippen molar-refractivity contribution in [2.24, 2.45) is 0 Å². The Morgan fingerprint density at radius 1 is 1.31 bits per heavy atom. The van der Waals surface area contributed by atoms with E-state index in [4.69, 9.17) is 11.6 Å². The molecule has 0 radical (unpaired) electrons. The van der Waals surface area contributed by atoms with E-state index in [9.17, 15) is 5.11 Å². The van der Waals surface area contributed by atoms with Crippen LogP contribution in [0.1, 0.15) is 26.3 Å². The zero-order valence-electron chi connectivity index (χ0n) is 7.86. The number of phenolic OH excluding ortho intramolecular Hbond substituents is 1. The quantitative estimate of drug-likeness (QED) is 0.720. The Bertz CT molecular complexity index is 328. The second-order valence-corrected chi connectivity index (χ2v) is 5.60. The van der Waals surface area contributed by atoms with Crippen LogP contribution in [0.2, 0.25) is 5.02 Å². The van der Waals surface area contributed by atoms with Crippen molar-refractivity contribution >= 4 is 34.2 Å². The van der Waals surface area contributed by atoms with E-state index in [1.807, 2.05) is 0 Å². The van der Waals surface area contributed by atoms with Crippen molar-refractivity contribution in [1.29, 1.82) is 0 Å². The predicted octanol–water partition coefficient (Wildman–Crippen LogP) is 3.95. The summed E-state index contributed by atoms with van der Waals surface area (Å²) in [5.74, 6) is 0.301. The molecule has 0 amide bonds. The molecule has 1 nitrogen and oxygen atoms in total. The summed E-state index contributed by atoms with van der Waals surface area (Å²) < 4.78 is 0.788. The number of hydrogen-bond donors (Lipinski definition) is 1. The highest BCUT2D eigenvalue weighted by atomic mass is 127. The summed E-state index contributed by atoms with van der Waals surface area (Å²) in [6.07, 6.45) is 0. The van der Waals surface area contributed by atoms with E-state index >= 15 is 0 Å². The highest BCUT2D eigenvalue weighted by Gasteiger charge is 2.18. The van der Waals surface area contributed by atoms with Crippen molar-refractivity contribution < 1.29 is 5.11 Å². The molecule has 0 heterocycles. The number of benzene rings is 1. The van der Waals surface area contributed by atoms with Crippen LogP contribution in [0, 0.1) is 3.57 Å². The summed E-state index contributed by atoms with van der Waals surface area (Å²) >= 11 is 8.13. The van der Waals surface area contributed by atoms with Gasteiger partial charge in [-0.1, -0.05) is 32.4 Å². The van der Waals surface area contributed by atoms with Gasteiger partial charge in [0, 0.05) is 5.02 Å². The minimum absolute atomic E-state index is 0.0289. The Hall–Kier alpha value is 0.0400. The monoisotopic (exact) mass is 310 g/mol. The maximum Gasteiger partial charge on any atom is 0.129 e. The van der Waals surface area contributed by atoms with E-state index in [1.165, 1.54) is 0 Å². The number of phenols is 1. The summed E-state index contributed by atoms with van der Waals surface area (Å²) in [6.45, 7) is 6.21. The molecular formula is C10H12ClIO. The first-order valence-electron chi connectivity index (χ1n) is 4.01. The van der Waals surface area contributed by atoms with E-state index in [-0.39, 0.29) is 5.41 Å². The summed E-state index contributed by atoms with van der Waals surface area (Å²) in [4.78, 5) is 0. The maximum atomic E-state index is 9.52. The molecular weight excluding hydrogens is 298 g/mol. The van der Waals surface area contributed by atoms with Crippen LogP contribution in [0.25, 0.3) is 0 Å². The van der Waals surface area contributed by atoms with Gasteiger partial charge >= 0.3 is 0 Å². The number of aromatic hydroxyl groups is 1. The van der Waals surface area contributed by atoms with Crippen LogP contribution >= 0.6 is 34.2 Å². The van der Waals surface area contributed by atoms with Crippen LogP contribution in [0.3, 0.4) is 0 Å². The molecule has 72 valence electrons. The van der Waals surface area contributed by atoms with Crippen molar-refractivity contribution in [3.63, 3.8) is 0 Å². The van der Waals surface area contributed by atoms with Gasteiger partial charge in [-0.2, -0.15) is 0 Å². The Balaban J connectivity index is 3.32. The lowest BCUT2D eigenvalue weighted by molar-refractivity contribution is 0.467. The minimum Gasteiger partial charge on any atom is -0.507 e. The molecule has 0 aliphatic rings. The third-order valence-corrected chi connectivity index (χ3v) is 3.02.